The molecule has 3 aliphatic rings. The van der Waals surface area contributed by atoms with Gasteiger partial charge < -0.3 is 43.7 Å². The molecule has 0 bridgehead atoms. The number of fused-ring (bicyclic) bond motifs is 1. The molecular weight excluding hydrogens is 444 g/mol. The smallest absolute Gasteiger partial charge is 0.229 e. The summed E-state index contributed by atoms with van der Waals surface area (Å²) >= 11 is 0. The minimum atomic E-state index is -1.31. The molecule has 5 rings (SSSR count). The number of hydrogen-bond acceptors (Lipinski definition) is 9. The zero-order valence-corrected chi connectivity index (χ0v) is 19.6. The summed E-state index contributed by atoms with van der Waals surface area (Å²) in [4.78, 5) is 0. The predicted octanol–water partition coefficient (Wildman–Crippen LogP) is 2.10. The van der Waals surface area contributed by atoms with Gasteiger partial charge in [-0.2, -0.15) is 0 Å². The Hall–Kier alpha value is -2.56. The van der Waals surface area contributed by atoms with Crippen LogP contribution >= 0.6 is 0 Å². The quantitative estimate of drug-likeness (QED) is 0.613. The molecule has 3 heterocycles. The Balaban J connectivity index is 1.61. The van der Waals surface area contributed by atoms with E-state index in [4.69, 9.17) is 28.4 Å². The maximum Gasteiger partial charge on any atom is 0.229 e. The Kier molecular flexibility index (Phi) is 6.07. The fourth-order valence-corrected chi connectivity index (χ4v) is 5.15. The highest BCUT2D eigenvalue weighted by Crippen LogP contribution is 2.55. The van der Waals surface area contributed by atoms with Gasteiger partial charge in [-0.25, -0.2) is 0 Å². The lowest BCUT2D eigenvalue weighted by atomic mass is 9.90. The molecule has 7 atom stereocenters. The van der Waals surface area contributed by atoms with Crippen molar-refractivity contribution in [1.82, 2.24) is 0 Å². The molecular formula is C25H30O9. The fraction of sp³-hybridized carbons (Fsp3) is 0.520. The fourth-order valence-electron chi connectivity index (χ4n) is 5.15. The molecule has 2 aromatic carbocycles. The number of ether oxygens (including phenoxy) is 6. The van der Waals surface area contributed by atoms with Crippen LogP contribution in [-0.4, -0.2) is 66.9 Å². The third kappa shape index (κ3) is 3.59. The monoisotopic (exact) mass is 474 g/mol. The minimum Gasteiger partial charge on any atom is -0.497 e. The zero-order chi connectivity index (χ0) is 24.1. The Morgan fingerprint density at radius 2 is 1.56 bits per heavy atom. The van der Waals surface area contributed by atoms with Gasteiger partial charge in [0.15, 0.2) is 0 Å². The van der Waals surface area contributed by atoms with Crippen molar-refractivity contribution in [2.45, 2.75) is 63.2 Å². The van der Waals surface area contributed by atoms with E-state index < -0.39 is 43.4 Å². The van der Waals surface area contributed by atoms with Gasteiger partial charge in [-0.3, -0.25) is 0 Å². The second kappa shape index (κ2) is 8.90. The highest BCUT2D eigenvalue weighted by molar-refractivity contribution is 5.64. The van der Waals surface area contributed by atoms with Gasteiger partial charge in [0, 0.05) is 17.5 Å². The van der Waals surface area contributed by atoms with Crippen LogP contribution in [0.5, 0.6) is 23.0 Å². The van der Waals surface area contributed by atoms with Gasteiger partial charge in [0.2, 0.25) is 6.29 Å². The molecule has 3 aliphatic heterocycles. The largest absolute Gasteiger partial charge is 0.497 e. The summed E-state index contributed by atoms with van der Waals surface area (Å²) in [6.45, 7) is 3.33. The molecule has 1 saturated heterocycles. The third-order valence-corrected chi connectivity index (χ3v) is 6.93. The zero-order valence-electron chi connectivity index (χ0n) is 19.6. The molecule has 0 saturated carbocycles. The van der Waals surface area contributed by atoms with Crippen LogP contribution in [-0.2, 0) is 9.47 Å². The molecule has 9 nitrogen and oxygen atoms in total. The average molecular weight is 475 g/mol. The van der Waals surface area contributed by atoms with E-state index in [-0.39, 0.29) is 6.10 Å². The van der Waals surface area contributed by atoms with Crippen molar-refractivity contribution in [2.24, 2.45) is 0 Å². The number of hydrogen-bond donors (Lipinski definition) is 3. The Labute approximate surface area is 197 Å². The van der Waals surface area contributed by atoms with Crippen molar-refractivity contribution in [3.8, 4) is 23.0 Å². The molecule has 1 fully saturated rings. The first-order valence-corrected chi connectivity index (χ1v) is 11.3. The van der Waals surface area contributed by atoms with Gasteiger partial charge in [0.1, 0.15) is 53.5 Å². The van der Waals surface area contributed by atoms with E-state index in [1.54, 1.807) is 14.2 Å². The van der Waals surface area contributed by atoms with E-state index in [2.05, 4.69) is 0 Å². The van der Waals surface area contributed by atoms with Crippen LogP contribution in [0, 0.1) is 13.8 Å². The van der Waals surface area contributed by atoms with Crippen LogP contribution in [0.15, 0.2) is 24.3 Å². The van der Waals surface area contributed by atoms with Crippen LogP contribution in [0.3, 0.4) is 0 Å². The van der Waals surface area contributed by atoms with Crippen LogP contribution in [0.25, 0.3) is 0 Å². The minimum absolute atomic E-state index is 0.337. The van der Waals surface area contributed by atoms with E-state index >= 15 is 0 Å². The summed E-state index contributed by atoms with van der Waals surface area (Å²) in [5.41, 5.74) is 3.23. The lowest BCUT2D eigenvalue weighted by Crippen LogP contribution is -2.60. The maximum atomic E-state index is 10.8. The standard InChI is InChI=1S/C25H30O9/c1-11-21(30-4)12(2)23-18-16(32-24-20(28)19(27)17(10-26)33-25(24)34-23)9-15(31-22(11)18)13-5-7-14(29-3)8-6-13/h5-8,15-17,19-20,24-28H,9-10H2,1-4H3/t15-,16+,17-,19-,20+,24+,25+/m1/s1. The summed E-state index contributed by atoms with van der Waals surface area (Å²) in [5, 5.41) is 30.9. The molecule has 0 spiro atoms. The molecule has 184 valence electrons. The van der Waals surface area contributed by atoms with Crippen LogP contribution < -0.4 is 18.9 Å². The molecule has 9 heteroatoms. The Morgan fingerprint density at radius 3 is 2.18 bits per heavy atom. The molecule has 0 aliphatic carbocycles. The Morgan fingerprint density at radius 1 is 0.882 bits per heavy atom. The van der Waals surface area contributed by atoms with Crippen molar-refractivity contribution < 1.29 is 43.7 Å². The molecule has 2 aromatic rings. The van der Waals surface area contributed by atoms with E-state index in [1.807, 2.05) is 38.1 Å². The molecule has 34 heavy (non-hydrogen) atoms. The van der Waals surface area contributed by atoms with Gasteiger partial charge in [-0.1, -0.05) is 12.1 Å². The van der Waals surface area contributed by atoms with Crippen molar-refractivity contribution in [3.05, 3.63) is 46.5 Å². The van der Waals surface area contributed by atoms with Gasteiger partial charge in [0.05, 0.1) is 32.5 Å². The summed E-state index contributed by atoms with van der Waals surface area (Å²) in [5.74, 6) is 2.47. The van der Waals surface area contributed by atoms with Crippen LogP contribution in [0.2, 0.25) is 0 Å². The summed E-state index contributed by atoms with van der Waals surface area (Å²) in [6, 6.07) is 7.64. The molecule has 3 N–H and O–H groups in total. The number of methoxy groups -OCH3 is 2. The van der Waals surface area contributed by atoms with Crippen LogP contribution in [0.1, 0.15) is 40.9 Å². The van der Waals surface area contributed by atoms with Gasteiger partial charge in [0.25, 0.3) is 0 Å². The van der Waals surface area contributed by atoms with Gasteiger partial charge in [-0.15, -0.1) is 0 Å². The van der Waals surface area contributed by atoms with Gasteiger partial charge >= 0.3 is 0 Å². The number of aliphatic hydroxyl groups excluding tert-OH is 3. The predicted molar refractivity (Wildman–Crippen MR) is 119 cm³/mol. The van der Waals surface area contributed by atoms with Crippen molar-refractivity contribution in [1.29, 1.82) is 0 Å². The number of benzene rings is 2. The van der Waals surface area contributed by atoms with Crippen molar-refractivity contribution in [3.63, 3.8) is 0 Å². The molecule has 0 aromatic heterocycles. The molecule has 0 amide bonds. The first-order valence-electron chi connectivity index (χ1n) is 11.3. The first kappa shape index (κ1) is 23.2. The highest BCUT2D eigenvalue weighted by atomic mass is 16.7. The van der Waals surface area contributed by atoms with Crippen LogP contribution in [0.4, 0.5) is 0 Å². The summed E-state index contributed by atoms with van der Waals surface area (Å²) in [7, 11) is 3.20. The summed E-state index contributed by atoms with van der Waals surface area (Å²) < 4.78 is 35.9. The van der Waals surface area contributed by atoms with E-state index in [1.165, 1.54) is 0 Å². The molecule has 0 unspecified atom stereocenters. The van der Waals surface area contributed by atoms with E-state index in [0.717, 1.165) is 28.0 Å². The second-order valence-electron chi connectivity index (χ2n) is 8.88. The lowest BCUT2D eigenvalue weighted by molar-refractivity contribution is -0.292. The van der Waals surface area contributed by atoms with E-state index in [9.17, 15) is 15.3 Å². The lowest BCUT2D eigenvalue weighted by Gasteiger charge is -2.41. The second-order valence-corrected chi connectivity index (χ2v) is 8.88. The highest BCUT2D eigenvalue weighted by Gasteiger charge is 2.51. The number of rotatable bonds is 4. The van der Waals surface area contributed by atoms with Gasteiger partial charge in [-0.05, 0) is 31.5 Å². The summed E-state index contributed by atoms with van der Waals surface area (Å²) in [6.07, 6.45) is -6.00. The normalized spacial score (nSPS) is 31.9. The SMILES string of the molecule is COc1ccc([C@H]2C[C@@H]3O[C@@H]4[C@H](Oc5c(C)c(OC)c(C)c(c53)O2)O[C@H](CO)[C@@H](O)[C@@H]4O)cc1. The van der Waals surface area contributed by atoms with E-state index in [0.29, 0.717) is 23.7 Å². The molecule has 0 radical (unpaired) electrons. The maximum absolute atomic E-state index is 10.8. The third-order valence-electron chi connectivity index (χ3n) is 6.93. The van der Waals surface area contributed by atoms with Crippen molar-refractivity contribution >= 4 is 0 Å². The van der Waals surface area contributed by atoms with Crippen molar-refractivity contribution in [2.75, 3.05) is 20.8 Å². The average Bonchev–Trinajstić information content (AvgIpc) is 3.02. The number of aliphatic hydroxyl groups is 3. The first-order chi connectivity index (χ1) is 16.4. The topological polar surface area (TPSA) is 116 Å². The Bertz CT molecular complexity index is 1050.